The molecule has 0 unspecified atom stereocenters. The minimum atomic E-state index is -0.0467. The van der Waals surface area contributed by atoms with Crippen LogP contribution in [-0.2, 0) is 11.2 Å². The summed E-state index contributed by atoms with van der Waals surface area (Å²) < 4.78 is 2.76. The Labute approximate surface area is 130 Å². The van der Waals surface area contributed by atoms with Gasteiger partial charge >= 0.3 is 0 Å². The normalized spacial score (nSPS) is 16.1. The van der Waals surface area contributed by atoms with Gasteiger partial charge in [0, 0.05) is 25.1 Å². The molecule has 2 N–H and O–H groups in total. The van der Waals surface area contributed by atoms with Crippen molar-refractivity contribution in [3.8, 4) is 0 Å². The summed E-state index contributed by atoms with van der Waals surface area (Å²) in [6.45, 7) is 8.84. The second-order valence-electron chi connectivity index (χ2n) is 6.66. The molecule has 1 heterocycles. The van der Waals surface area contributed by atoms with Crippen molar-refractivity contribution < 1.29 is 4.79 Å². The van der Waals surface area contributed by atoms with Crippen LogP contribution in [0.15, 0.2) is 11.6 Å². The Morgan fingerprint density at radius 3 is 2.76 bits per heavy atom. The van der Waals surface area contributed by atoms with Crippen molar-refractivity contribution >= 4 is 18.1 Å². The lowest BCUT2D eigenvalue weighted by Crippen LogP contribution is -2.25. The zero-order chi connectivity index (χ0) is 15.6. The molecule has 1 aromatic heterocycles. The van der Waals surface area contributed by atoms with Gasteiger partial charge in [-0.15, -0.1) is 0 Å². The monoisotopic (exact) mass is 308 g/mol. The Kier molecular flexibility index (Phi) is 4.66. The average Bonchev–Trinajstić information content (AvgIpc) is 3.13. The lowest BCUT2D eigenvalue weighted by atomic mass is 9.87. The van der Waals surface area contributed by atoms with E-state index in [1.165, 1.54) is 12.8 Å². The molecule has 6 heteroatoms. The predicted molar refractivity (Wildman–Crippen MR) is 85.6 cm³/mol. The van der Waals surface area contributed by atoms with Gasteiger partial charge in [0.25, 0.3) is 0 Å². The minimum absolute atomic E-state index is 0.0196. The van der Waals surface area contributed by atoms with Crippen molar-refractivity contribution in [2.75, 3.05) is 6.54 Å². The number of allylic oxidation sites excluding steroid dienone is 1. The van der Waals surface area contributed by atoms with Crippen LogP contribution in [0, 0.1) is 10.2 Å². The molecule has 0 saturated heterocycles. The van der Waals surface area contributed by atoms with Gasteiger partial charge in [-0.2, -0.15) is 5.10 Å². The zero-order valence-electron chi connectivity index (χ0n) is 13.2. The molecule has 0 radical (unpaired) electrons. The number of hydrogen-bond acceptors (Lipinski definition) is 3. The highest BCUT2D eigenvalue weighted by Crippen LogP contribution is 2.35. The number of H-pyrrole nitrogens is 1. The van der Waals surface area contributed by atoms with Crippen molar-refractivity contribution in [3.05, 3.63) is 22.2 Å². The highest BCUT2D eigenvalue weighted by molar-refractivity contribution is 7.71. The summed E-state index contributed by atoms with van der Waals surface area (Å²) in [5.74, 6) is 0.883. The lowest BCUT2D eigenvalue weighted by molar-refractivity contribution is -0.116. The maximum Gasteiger partial charge on any atom is 0.243 e. The van der Waals surface area contributed by atoms with Crippen molar-refractivity contribution in [3.63, 3.8) is 0 Å². The van der Waals surface area contributed by atoms with Crippen molar-refractivity contribution in [1.82, 2.24) is 20.1 Å². The third-order valence-electron chi connectivity index (χ3n) is 3.87. The van der Waals surface area contributed by atoms with E-state index in [2.05, 4.69) is 40.9 Å². The molecule has 0 aliphatic heterocycles. The minimum Gasteiger partial charge on any atom is -0.352 e. The van der Waals surface area contributed by atoms with Crippen LogP contribution in [0.3, 0.4) is 0 Å². The van der Waals surface area contributed by atoms with Gasteiger partial charge in [-0.25, -0.2) is 0 Å². The van der Waals surface area contributed by atoms with Crippen molar-refractivity contribution in [1.29, 1.82) is 0 Å². The summed E-state index contributed by atoms with van der Waals surface area (Å²) >= 11 is 5.24. The molecule has 1 aromatic rings. The number of aromatic amines is 1. The van der Waals surface area contributed by atoms with E-state index < -0.39 is 0 Å². The average molecular weight is 308 g/mol. The van der Waals surface area contributed by atoms with Crippen LogP contribution in [0.25, 0.3) is 0 Å². The number of carbonyl (C=O) groups is 1. The summed E-state index contributed by atoms with van der Waals surface area (Å²) in [4.78, 5) is 11.9. The first-order valence-corrected chi connectivity index (χ1v) is 7.82. The molecule has 116 valence electrons. The maximum absolute atomic E-state index is 11.9. The predicted octanol–water partition coefficient (Wildman–Crippen LogP) is 2.93. The van der Waals surface area contributed by atoms with Gasteiger partial charge in [-0.05, 0) is 37.4 Å². The first-order valence-electron chi connectivity index (χ1n) is 7.41. The van der Waals surface area contributed by atoms with E-state index in [0.717, 1.165) is 11.4 Å². The molecule has 1 aliphatic rings. The fourth-order valence-corrected chi connectivity index (χ4v) is 2.28. The van der Waals surface area contributed by atoms with Gasteiger partial charge in [-0.3, -0.25) is 9.89 Å². The fraction of sp³-hybridized carbons (Fsp3) is 0.667. The van der Waals surface area contributed by atoms with E-state index in [0.29, 0.717) is 23.8 Å². The third-order valence-corrected chi connectivity index (χ3v) is 4.16. The SMILES string of the molecule is CC(=CC(=O)NCCc1n[nH]c(=S)n1C1CC1)C(C)(C)C. The van der Waals surface area contributed by atoms with Crippen LogP contribution in [0.2, 0.25) is 0 Å². The van der Waals surface area contributed by atoms with Crippen molar-refractivity contribution in [2.45, 2.75) is 53.0 Å². The van der Waals surface area contributed by atoms with Crippen LogP contribution in [0.1, 0.15) is 52.4 Å². The van der Waals surface area contributed by atoms with Crippen LogP contribution < -0.4 is 5.32 Å². The van der Waals surface area contributed by atoms with Crippen LogP contribution in [0.4, 0.5) is 0 Å². The zero-order valence-corrected chi connectivity index (χ0v) is 14.0. The third kappa shape index (κ3) is 4.27. The molecule has 0 atom stereocenters. The standard InChI is InChI=1S/C15H24N4OS/c1-10(15(2,3)4)9-13(20)16-8-7-12-17-18-14(21)19(12)11-5-6-11/h9,11H,5-8H2,1-4H3,(H,16,20)(H,18,21). The first-order chi connectivity index (χ1) is 9.79. The fourth-order valence-electron chi connectivity index (χ4n) is 1.98. The molecule has 21 heavy (non-hydrogen) atoms. The second-order valence-corrected chi connectivity index (χ2v) is 7.05. The number of amides is 1. The molecule has 1 aliphatic carbocycles. The Morgan fingerprint density at radius 1 is 1.52 bits per heavy atom. The number of aromatic nitrogens is 3. The lowest BCUT2D eigenvalue weighted by Gasteiger charge is -2.19. The van der Waals surface area contributed by atoms with E-state index in [1.807, 2.05) is 6.92 Å². The van der Waals surface area contributed by atoms with Gasteiger partial charge in [0.2, 0.25) is 5.91 Å². The molecule has 0 spiro atoms. The molecule has 1 fully saturated rings. The van der Waals surface area contributed by atoms with E-state index >= 15 is 0 Å². The molecule has 0 aromatic carbocycles. The topological polar surface area (TPSA) is 62.7 Å². The number of nitrogens with one attached hydrogen (secondary N) is 2. The van der Waals surface area contributed by atoms with Gasteiger partial charge in [-0.1, -0.05) is 26.3 Å². The summed E-state index contributed by atoms with van der Waals surface area (Å²) in [5.41, 5.74) is 1.09. The number of rotatable bonds is 5. The summed E-state index contributed by atoms with van der Waals surface area (Å²) in [7, 11) is 0. The smallest absolute Gasteiger partial charge is 0.243 e. The molecule has 1 amide bonds. The van der Waals surface area contributed by atoms with Crippen LogP contribution in [-0.4, -0.2) is 27.2 Å². The second kappa shape index (κ2) is 6.13. The van der Waals surface area contributed by atoms with E-state index in [-0.39, 0.29) is 11.3 Å². The highest BCUT2D eigenvalue weighted by Gasteiger charge is 2.26. The molecular formula is C15H24N4OS. The Balaban J connectivity index is 1.88. The van der Waals surface area contributed by atoms with Gasteiger partial charge in [0.15, 0.2) is 4.77 Å². The Morgan fingerprint density at radius 2 is 2.19 bits per heavy atom. The summed E-state index contributed by atoms with van der Waals surface area (Å²) in [6.07, 6.45) is 4.71. The van der Waals surface area contributed by atoms with Crippen LogP contribution >= 0.6 is 12.2 Å². The maximum atomic E-state index is 11.9. The van der Waals surface area contributed by atoms with Gasteiger partial charge in [0.1, 0.15) is 5.82 Å². The highest BCUT2D eigenvalue weighted by atomic mass is 32.1. The van der Waals surface area contributed by atoms with Crippen LogP contribution in [0.5, 0.6) is 0 Å². The summed E-state index contributed by atoms with van der Waals surface area (Å²) in [6, 6.07) is 0.505. The van der Waals surface area contributed by atoms with E-state index in [4.69, 9.17) is 12.2 Å². The van der Waals surface area contributed by atoms with E-state index in [1.54, 1.807) is 6.08 Å². The molecule has 2 rings (SSSR count). The quantitative estimate of drug-likeness (QED) is 0.649. The molecule has 5 nitrogen and oxygen atoms in total. The Bertz CT molecular complexity index is 602. The number of hydrogen-bond donors (Lipinski definition) is 2. The Hall–Kier alpha value is -1.43. The number of carbonyl (C=O) groups excluding carboxylic acids is 1. The van der Waals surface area contributed by atoms with Gasteiger partial charge in [0.05, 0.1) is 0 Å². The molecular weight excluding hydrogens is 284 g/mol. The van der Waals surface area contributed by atoms with Crippen molar-refractivity contribution in [2.24, 2.45) is 5.41 Å². The first kappa shape index (κ1) is 15.9. The molecule has 0 bridgehead atoms. The largest absolute Gasteiger partial charge is 0.352 e. The number of nitrogens with zero attached hydrogens (tertiary/aromatic N) is 2. The van der Waals surface area contributed by atoms with Gasteiger partial charge < -0.3 is 9.88 Å². The summed E-state index contributed by atoms with van der Waals surface area (Å²) in [5, 5.41) is 10.0. The molecule has 1 saturated carbocycles. The van der Waals surface area contributed by atoms with E-state index in [9.17, 15) is 4.79 Å².